The van der Waals surface area contributed by atoms with Crippen LogP contribution in [0.5, 0.6) is 17.5 Å². The van der Waals surface area contributed by atoms with E-state index in [1.165, 1.54) is 12.4 Å². The molecule has 1 N–H and O–H groups in total. The molecule has 8 nitrogen and oxygen atoms in total. The van der Waals surface area contributed by atoms with E-state index in [-0.39, 0.29) is 17.3 Å². The van der Waals surface area contributed by atoms with Crippen molar-refractivity contribution in [3.05, 3.63) is 35.7 Å². The first-order valence-electron chi connectivity index (χ1n) is 9.80. The van der Waals surface area contributed by atoms with E-state index in [2.05, 4.69) is 15.3 Å². The van der Waals surface area contributed by atoms with Crippen molar-refractivity contribution in [2.75, 3.05) is 11.5 Å². The Morgan fingerprint density at radius 3 is 2.59 bits per heavy atom. The lowest BCUT2D eigenvalue weighted by Gasteiger charge is -2.19. The molecule has 3 heterocycles. The van der Waals surface area contributed by atoms with Crippen LogP contribution in [-0.4, -0.2) is 34.1 Å². The quantitative estimate of drug-likeness (QED) is 0.801. The number of rotatable bonds is 4. The highest BCUT2D eigenvalue weighted by atomic mass is 16.5. The molecule has 3 amide bonds. The molecular weight excluding hydrogens is 372 g/mol. The molecule has 0 unspecified atom stereocenters. The fraction of sp³-hybridized carbons (Fsp3) is 0.429. The number of fused-ring (bicyclic) bond motifs is 2. The van der Waals surface area contributed by atoms with E-state index in [0.29, 0.717) is 24.5 Å². The first-order valence-corrected chi connectivity index (χ1v) is 9.80. The predicted octanol–water partition coefficient (Wildman–Crippen LogP) is 3.23. The molecule has 2 fully saturated rings. The fourth-order valence-corrected chi connectivity index (χ4v) is 4.00. The van der Waals surface area contributed by atoms with Crippen LogP contribution < -0.4 is 19.7 Å². The van der Waals surface area contributed by atoms with Crippen molar-refractivity contribution in [3.63, 3.8) is 0 Å². The summed E-state index contributed by atoms with van der Waals surface area (Å²) in [6, 6.07) is 3.57. The number of aromatic nitrogens is 2. The van der Waals surface area contributed by atoms with Gasteiger partial charge >= 0.3 is 12.0 Å². The third-order valence-corrected chi connectivity index (χ3v) is 6.24. The van der Waals surface area contributed by atoms with Crippen LogP contribution in [0.1, 0.15) is 44.2 Å². The Bertz CT molecular complexity index is 1030. The minimum Gasteiger partial charge on any atom is -0.492 e. The smallest absolute Gasteiger partial charge is 0.329 e. The summed E-state index contributed by atoms with van der Waals surface area (Å²) in [5.41, 5.74) is 1.64. The highest BCUT2D eigenvalue weighted by Crippen LogP contribution is 2.59. The zero-order valence-corrected chi connectivity index (χ0v) is 16.6. The van der Waals surface area contributed by atoms with Gasteiger partial charge in [-0.25, -0.2) is 19.7 Å². The SMILES string of the molecule is CC[C@@]1(C)NC(=O)N(c2cnc(Oc3ccc(C)c4c3C3(CC3)CO4)nc2)C1=O. The lowest BCUT2D eigenvalue weighted by atomic mass is 9.95. The van der Waals surface area contributed by atoms with E-state index in [4.69, 9.17) is 9.47 Å². The molecule has 3 aliphatic rings. The normalized spacial score (nSPS) is 23.8. The maximum absolute atomic E-state index is 12.6. The molecule has 1 aromatic carbocycles. The topological polar surface area (TPSA) is 93.7 Å². The number of benzene rings is 1. The summed E-state index contributed by atoms with van der Waals surface area (Å²) < 4.78 is 11.9. The van der Waals surface area contributed by atoms with Crippen LogP contribution >= 0.6 is 0 Å². The van der Waals surface area contributed by atoms with E-state index in [1.54, 1.807) is 6.92 Å². The van der Waals surface area contributed by atoms with Crippen molar-refractivity contribution < 1.29 is 19.1 Å². The second-order valence-electron chi connectivity index (χ2n) is 8.24. The van der Waals surface area contributed by atoms with Gasteiger partial charge < -0.3 is 14.8 Å². The Kier molecular flexibility index (Phi) is 3.65. The second kappa shape index (κ2) is 5.92. The maximum Gasteiger partial charge on any atom is 0.329 e. The maximum atomic E-state index is 12.6. The summed E-state index contributed by atoms with van der Waals surface area (Å²) in [5, 5.41) is 2.72. The minimum atomic E-state index is -0.909. The Labute approximate surface area is 168 Å². The number of imide groups is 1. The first-order chi connectivity index (χ1) is 13.9. The third kappa shape index (κ3) is 2.58. The van der Waals surface area contributed by atoms with Gasteiger partial charge in [0.1, 0.15) is 17.0 Å². The minimum absolute atomic E-state index is 0.0568. The van der Waals surface area contributed by atoms with Crippen molar-refractivity contribution in [2.24, 2.45) is 0 Å². The number of nitrogens with one attached hydrogen (secondary N) is 1. The molecule has 150 valence electrons. The summed E-state index contributed by atoms with van der Waals surface area (Å²) in [6.07, 6.45) is 5.53. The molecule has 1 aliphatic carbocycles. The molecule has 1 aromatic heterocycles. The first kappa shape index (κ1) is 17.9. The monoisotopic (exact) mass is 394 g/mol. The molecule has 0 radical (unpaired) electrons. The number of carbonyl (C=O) groups is 2. The van der Waals surface area contributed by atoms with Crippen molar-refractivity contribution in [2.45, 2.75) is 51.0 Å². The summed E-state index contributed by atoms with van der Waals surface area (Å²) in [4.78, 5) is 34.4. The van der Waals surface area contributed by atoms with Gasteiger partial charge in [0.25, 0.3) is 5.91 Å². The van der Waals surface area contributed by atoms with Crippen LogP contribution in [0.15, 0.2) is 24.5 Å². The van der Waals surface area contributed by atoms with Gasteiger partial charge in [0.2, 0.25) is 0 Å². The molecule has 29 heavy (non-hydrogen) atoms. The number of hydrogen-bond donors (Lipinski definition) is 1. The summed E-state index contributed by atoms with van der Waals surface area (Å²) in [7, 11) is 0. The predicted molar refractivity (Wildman–Crippen MR) is 104 cm³/mol. The Morgan fingerprint density at radius 1 is 1.24 bits per heavy atom. The van der Waals surface area contributed by atoms with Crippen LogP contribution in [0.3, 0.4) is 0 Å². The molecule has 1 atom stereocenters. The largest absolute Gasteiger partial charge is 0.492 e. The zero-order valence-electron chi connectivity index (χ0n) is 16.6. The molecule has 1 saturated carbocycles. The van der Waals surface area contributed by atoms with Gasteiger partial charge in [0, 0.05) is 11.0 Å². The zero-order chi connectivity index (χ0) is 20.4. The number of hydrogen-bond acceptors (Lipinski definition) is 6. The number of urea groups is 1. The highest BCUT2D eigenvalue weighted by Gasteiger charge is 2.53. The van der Waals surface area contributed by atoms with Gasteiger partial charge in [-0.15, -0.1) is 0 Å². The fourth-order valence-electron chi connectivity index (χ4n) is 4.00. The third-order valence-electron chi connectivity index (χ3n) is 6.24. The number of amides is 3. The van der Waals surface area contributed by atoms with Crippen LogP contribution in [0.2, 0.25) is 0 Å². The van der Waals surface area contributed by atoms with Crippen molar-refractivity contribution >= 4 is 17.6 Å². The number of ether oxygens (including phenoxy) is 2. The summed E-state index contributed by atoms with van der Waals surface area (Å²) in [6.45, 7) is 6.27. The lowest BCUT2D eigenvalue weighted by molar-refractivity contribution is -0.121. The summed E-state index contributed by atoms with van der Waals surface area (Å²) in [5.74, 6) is 1.28. The van der Waals surface area contributed by atoms with Gasteiger partial charge in [-0.05, 0) is 44.7 Å². The Hall–Kier alpha value is -3.16. The Balaban J connectivity index is 1.41. The van der Waals surface area contributed by atoms with E-state index < -0.39 is 11.6 Å². The van der Waals surface area contributed by atoms with E-state index in [9.17, 15) is 9.59 Å². The molecule has 0 bridgehead atoms. The van der Waals surface area contributed by atoms with Gasteiger partial charge in [-0.3, -0.25) is 4.79 Å². The second-order valence-corrected chi connectivity index (χ2v) is 8.24. The van der Waals surface area contributed by atoms with Crippen LogP contribution in [0.25, 0.3) is 0 Å². The lowest BCUT2D eigenvalue weighted by Crippen LogP contribution is -2.43. The Morgan fingerprint density at radius 2 is 1.97 bits per heavy atom. The highest BCUT2D eigenvalue weighted by molar-refractivity contribution is 6.23. The molecule has 8 heteroatoms. The molecular formula is C21H22N4O4. The molecule has 2 aromatic rings. The van der Waals surface area contributed by atoms with Gasteiger partial charge in [0.15, 0.2) is 0 Å². The number of aryl methyl sites for hydroxylation is 1. The van der Waals surface area contributed by atoms with Gasteiger partial charge in [-0.2, -0.15) is 0 Å². The molecule has 1 spiro atoms. The molecule has 1 saturated heterocycles. The van der Waals surface area contributed by atoms with Crippen molar-refractivity contribution in [1.82, 2.24) is 15.3 Å². The average molecular weight is 394 g/mol. The van der Waals surface area contributed by atoms with Crippen molar-refractivity contribution in [1.29, 1.82) is 0 Å². The van der Waals surface area contributed by atoms with E-state index >= 15 is 0 Å². The number of carbonyl (C=O) groups excluding carboxylic acids is 2. The average Bonchev–Trinajstić information content (AvgIpc) is 3.32. The summed E-state index contributed by atoms with van der Waals surface area (Å²) >= 11 is 0. The van der Waals surface area contributed by atoms with Crippen LogP contribution in [0, 0.1) is 6.92 Å². The molecule has 2 aliphatic heterocycles. The van der Waals surface area contributed by atoms with Crippen LogP contribution in [0.4, 0.5) is 10.5 Å². The number of anilines is 1. The number of nitrogens with zero attached hydrogens (tertiary/aromatic N) is 3. The van der Waals surface area contributed by atoms with E-state index in [0.717, 1.165) is 34.6 Å². The standard InChI is InChI=1S/C21H22N4O4/c1-4-20(3)17(26)25(19(27)24-20)13-9-22-18(23-10-13)29-14-6-5-12(2)16-15(14)21(7-8-21)11-28-16/h5-6,9-10H,4,7-8,11H2,1-3H3,(H,24,27)/t20-/m1/s1. The van der Waals surface area contributed by atoms with Crippen LogP contribution in [-0.2, 0) is 10.2 Å². The molecule has 5 rings (SSSR count). The van der Waals surface area contributed by atoms with Crippen molar-refractivity contribution in [3.8, 4) is 17.5 Å². The van der Waals surface area contributed by atoms with E-state index in [1.807, 2.05) is 26.0 Å². The van der Waals surface area contributed by atoms with Gasteiger partial charge in [-0.1, -0.05) is 13.0 Å². The van der Waals surface area contributed by atoms with Gasteiger partial charge in [0.05, 0.1) is 24.7 Å².